The summed E-state index contributed by atoms with van der Waals surface area (Å²) in [5, 5.41) is 36.8. The SMILES string of the molecule is Cc1cc(N=Nc2ccc(C(c3ccccc3)c3ccc(N=Nc4ccc(O)c(C)c4)cc3)cc2)ccc1O. The largest absolute Gasteiger partial charge is 0.508 e. The van der Waals surface area contributed by atoms with Crippen LogP contribution >= 0.6 is 0 Å². The van der Waals surface area contributed by atoms with Gasteiger partial charge in [0.05, 0.1) is 22.7 Å². The zero-order valence-corrected chi connectivity index (χ0v) is 21.7. The first-order valence-corrected chi connectivity index (χ1v) is 12.6. The smallest absolute Gasteiger partial charge is 0.118 e. The van der Waals surface area contributed by atoms with E-state index in [-0.39, 0.29) is 17.4 Å². The molecular weight excluding hydrogens is 484 g/mol. The number of aryl methyl sites for hydroxylation is 2. The summed E-state index contributed by atoms with van der Waals surface area (Å²) in [7, 11) is 0. The highest BCUT2D eigenvalue weighted by Gasteiger charge is 2.16. The van der Waals surface area contributed by atoms with E-state index >= 15 is 0 Å². The fourth-order valence-electron chi connectivity index (χ4n) is 4.32. The quantitative estimate of drug-likeness (QED) is 0.168. The van der Waals surface area contributed by atoms with Crippen molar-refractivity contribution in [3.63, 3.8) is 0 Å². The fourth-order valence-corrected chi connectivity index (χ4v) is 4.32. The minimum absolute atomic E-state index is 0.0303. The molecule has 0 aliphatic rings. The minimum atomic E-state index is 0.0303. The summed E-state index contributed by atoms with van der Waals surface area (Å²) in [6.07, 6.45) is 0. The molecule has 0 spiro atoms. The molecule has 0 amide bonds. The van der Waals surface area contributed by atoms with Gasteiger partial charge in [-0.15, -0.1) is 0 Å². The first-order chi connectivity index (χ1) is 19.0. The van der Waals surface area contributed by atoms with Crippen LogP contribution in [0.4, 0.5) is 22.7 Å². The topological polar surface area (TPSA) is 89.9 Å². The van der Waals surface area contributed by atoms with Crippen LogP contribution in [0.1, 0.15) is 33.7 Å². The highest BCUT2D eigenvalue weighted by molar-refractivity contribution is 5.51. The molecule has 39 heavy (non-hydrogen) atoms. The maximum Gasteiger partial charge on any atom is 0.118 e. The Morgan fingerprint density at radius 2 is 0.795 bits per heavy atom. The zero-order chi connectivity index (χ0) is 27.2. The number of aromatic hydroxyl groups is 2. The van der Waals surface area contributed by atoms with Gasteiger partial charge in [-0.05, 0) is 102 Å². The number of azo groups is 2. The molecule has 5 rings (SSSR count). The van der Waals surface area contributed by atoms with E-state index in [4.69, 9.17) is 0 Å². The zero-order valence-electron chi connectivity index (χ0n) is 21.7. The van der Waals surface area contributed by atoms with Crippen LogP contribution in [0.2, 0.25) is 0 Å². The van der Waals surface area contributed by atoms with Crippen LogP contribution in [0, 0.1) is 13.8 Å². The van der Waals surface area contributed by atoms with Crippen molar-refractivity contribution in [1.29, 1.82) is 0 Å². The Balaban J connectivity index is 1.38. The third-order valence-electron chi connectivity index (χ3n) is 6.51. The molecule has 0 aromatic heterocycles. The second kappa shape index (κ2) is 11.5. The lowest BCUT2D eigenvalue weighted by molar-refractivity contribution is 0.470. The Bertz CT molecular complexity index is 1520. The Labute approximate surface area is 227 Å². The van der Waals surface area contributed by atoms with Crippen LogP contribution in [0.5, 0.6) is 11.5 Å². The summed E-state index contributed by atoms with van der Waals surface area (Å²) in [6, 6.07) is 36.9. The molecule has 0 aliphatic carbocycles. The summed E-state index contributed by atoms with van der Waals surface area (Å²) < 4.78 is 0. The van der Waals surface area contributed by atoms with E-state index in [1.54, 1.807) is 36.4 Å². The maximum atomic E-state index is 9.72. The lowest BCUT2D eigenvalue weighted by Gasteiger charge is -2.19. The first-order valence-electron chi connectivity index (χ1n) is 12.6. The Morgan fingerprint density at radius 3 is 1.21 bits per heavy atom. The van der Waals surface area contributed by atoms with E-state index in [2.05, 4.69) is 56.9 Å². The summed E-state index contributed by atoms with van der Waals surface area (Å²) in [6.45, 7) is 3.66. The number of rotatable bonds is 7. The third-order valence-corrected chi connectivity index (χ3v) is 6.51. The molecule has 0 unspecified atom stereocenters. The van der Waals surface area contributed by atoms with Crippen LogP contribution in [0.15, 0.2) is 136 Å². The standard InChI is InChI=1S/C33H28N4O2/c1-22-20-29(16-18-31(22)38)36-34-27-12-8-25(9-13-27)33(24-6-4-3-5-7-24)26-10-14-28(15-11-26)35-37-30-17-19-32(39)23(2)21-30/h3-21,33,38-39H,1-2H3. The molecule has 0 heterocycles. The number of hydrogen-bond donors (Lipinski definition) is 2. The summed E-state index contributed by atoms with van der Waals surface area (Å²) >= 11 is 0. The molecule has 0 saturated carbocycles. The normalized spacial score (nSPS) is 12.3. The highest BCUT2D eigenvalue weighted by Crippen LogP contribution is 2.34. The summed E-state index contributed by atoms with van der Waals surface area (Å²) in [5.74, 6) is 0.519. The van der Waals surface area contributed by atoms with Crippen LogP contribution < -0.4 is 0 Å². The number of phenols is 2. The van der Waals surface area contributed by atoms with E-state index in [9.17, 15) is 10.2 Å². The van der Waals surface area contributed by atoms with Crippen molar-refractivity contribution in [2.24, 2.45) is 20.5 Å². The second-order valence-corrected chi connectivity index (χ2v) is 9.37. The van der Waals surface area contributed by atoms with Crippen molar-refractivity contribution in [2.45, 2.75) is 19.8 Å². The predicted octanol–water partition coefficient (Wildman–Crippen LogP) is 9.73. The van der Waals surface area contributed by atoms with Crippen molar-refractivity contribution in [3.05, 3.63) is 143 Å². The molecule has 6 nitrogen and oxygen atoms in total. The Kier molecular flexibility index (Phi) is 7.55. The molecule has 5 aromatic rings. The monoisotopic (exact) mass is 512 g/mol. The lowest BCUT2D eigenvalue weighted by atomic mass is 9.85. The van der Waals surface area contributed by atoms with Crippen molar-refractivity contribution < 1.29 is 10.2 Å². The van der Waals surface area contributed by atoms with E-state index in [1.807, 2.05) is 56.3 Å². The molecule has 192 valence electrons. The number of hydrogen-bond acceptors (Lipinski definition) is 6. The average molecular weight is 513 g/mol. The van der Waals surface area contributed by atoms with Gasteiger partial charge in [-0.3, -0.25) is 0 Å². The molecule has 0 bridgehead atoms. The van der Waals surface area contributed by atoms with E-state index in [0.717, 1.165) is 33.6 Å². The average Bonchev–Trinajstić information content (AvgIpc) is 2.96. The van der Waals surface area contributed by atoms with Crippen molar-refractivity contribution >= 4 is 22.7 Å². The maximum absolute atomic E-state index is 9.72. The predicted molar refractivity (Wildman–Crippen MR) is 154 cm³/mol. The molecular formula is C33H28N4O2. The molecule has 0 saturated heterocycles. The van der Waals surface area contributed by atoms with Gasteiger partial charge in [-0.25, -0.2) is 0 Å². The van der Waals surface area contributed by atoms with Crippen molar-refractivity contribution in [2.75, 3.05) is 0 Å². The van der Waals surface area contributed by atoms with Gasteiger partial charge >= 0.3 is 0 Å². The van der Waals surface area contributed by atoms with Crippen molar-refractivity contribution in [3.8, 4) is 11.5 Å². The van der Waals surface area contributed by atoms with Crippen LogP contribution in [-0.2, 0) is 0 Å². The minimum Gasteiger partial charge on any atom is -0.508 e. The Hall–Kier alpha value is -5.10. The third kappa shape index (κ3) is 6.25. The van der Waals surface area contributed by atoms with E-state index in [1.165, 1.54) is 5.56 Å². The van der Waals surface area contributed by atoms with Gasteiger partial charge in [-0.1, -0.05) is 54.6 Å². The molecule has 5 aromatic carbocycles. The van der Waals surface area contributed by atoms with Gasteiger partial charge in [-0.2, -0.15) is 20.5 Å². The second-order valence-electron chi connectivity index (χ2n) is 9.37. The highest BCUT2D eigenvalue weighted by atomic mass is 16.3. The summed E-state index contributed by atoms with van der Waals surface area (Å²) in [4.78, 5) is 0. The molecule has 2 N–H and O–H groups in total. The lowest BCUT2D eigenvalue weighted by Crippen LogP contribution is -2.02. The van der Waals surface area contributed by atoms with Gasteiger partial charge in [0.15, 0.2) is 0 Å². The van der Waals surface area contributed by atoms with E-state index in [0.29, 0.717) is 11.4 Å². The van der Waals surface area contributed by atoms with Gasteiger partial charge in [0, 0.05) is 5.92 Å². The first kappa shape index (κ1) is 25.5. The van der Waals surface area contributed by atoms with Crippen molar-refractivity contribution in [1.82, 2.24) is 0 Å². The van der Waals surface area contributed by atoms with Gasteiger partial charge in [0.2, 0.25) is 0 Å². The Morgan fingerprint density at radius 1 is 0.436 bits per heavy atom. The van der Waals surface area contributed by atoms with Crippen LogP contribution in [-0.4, -0.2) is 10.2 Å². The fraction of sp³-hybridized carbons (Fsp3) is 0.0909. The summed E-state index contributed by atoms with van der Waals surface area (Å²) in [5.41, 5.74) is 7.84. The molecule has 0 fully saturated rings. The van der Waals surface area contributed by atoms with Gasteiger partial charge in [0.25, 0.3) is 0 Å². The number of benzene rings is 5. The molecule has 6 heteroatoms. The molecule has 0 atom stereocenters. The van der Waals surface area contributed by atoms with Gasteiger partial charge in [0.1, 0.15) is 11.5 Å². The van der Waals surface area contributed by atoms with Crippen LogP contribution in [0.25, 0.3) is 0 Å². The van der Waals surface area contributed by atoms with Gasteiger partial charge < -0.3 is 10.2 Å². The molecule has 0 radical (unpaired) electrons. The van der Waals surface area contributed by atoms with E-state index < -0.39 is 0 Å². The molecule has 0 aliphatic heterocycles. The number of phenolic OH excluding ortho intramolecular Hbond substituents is 2. The number of nitrogens with zero attached hydrogens (tertiary/aromatic N) is 4. The van der Waals surface area contributed by atoms with Crippen LogP contribution in [0.3, 0.4) is 0 Å².